The molecule has 2 rings (SSSR count). The number of aryl methyl sites for hydroxylation is 1. The first-order chi connectivity index (χ1) is 13.6. The number of halogens is 1. The molecular formula is C23H33ClN2O2. The second kappa shape index (κ2) is 11.9. The zero-order valence-corrected chi connectivity index (χ0v) is 18.3. The van der Waals surface area contributed by atoms with Gasteiger partial charge in [0.1, 0.15) is 6.61 Å². The quantitative estimate of drug-likeness (QED) is 0.501. The SMILES string of the molecule is CCN(CC)CCCNCc1cc(OC)c(OCc2ccc(C)cc2)cc1Cl. The van der Waals surface area contributed by atoms with E-state index in [2.05, 4.69) is 55.3 Å². The third kappa shape index (κ3) is 7.01. The van der Waals surface area contributed by atoms with Gasteiger partial charge in [-0.1, -0.05) is 55.3 Å². The van der Waals surface area contributed by atoms with Gasteiger partial charge in [0.05, 0.1) is 7.11 Å². The van der Waals surface area contributed by atoms with Crippen LogP contribution in [0.5, 0.6) is 11.5 Å². The van der Waals surface area contributed by atoms with Crippen LogP contribution in [0.4, 0.5) is 0 Å². The Morgan fingerprint density at radius 3 is 2.39 bits per heavy atom. The molecule has 0 radical (unpaired) electrons. The van der Waals surface area contributed by atoms with E-state index in [0.717, 1.165) is 43.7 Å². The van der Waals surface area contributed by atoms with Crippen molar-refractivity contribution in [3.8, 4) is 11.5 Å². The minimum absolute atomic E-state index is 0.482. The monoisotopic (exact) mass is 404 g/mol. The van der Waals surface area contributed by atoms with E-state index < -0.39 is 0 Å². The van der Waals surface area contributed by atoms with E-state index in [1.165, 1.54) is 5.56 Å². The molecule has 0 aliphatic heterocycles. The zero-order chi connectivity index (χ0) is 20.4. The summed E-state index contributed by atoms with van der Waals surface area (Å²) in [4.78, 5) is 2.43. The topological polar surface area (TPSA) is 33.7 Å². The molecule has 2 aromatic carbocycles. The van der Waals surface area contributed by atoms with Crippen molar-refractivity contribution >= 4 is 11.6 Å². The highest BCUT2D eigenvalue weighted by Gasteiger charge is 2.11. The summed E-state index contributed by atoms with van der Waals surface area (Å²) in [5.41, 5.74) is 3.37. The second-order valence-corrected chi connectivity index (χ2v) is 7.33. The van der Waals surface area contributed by atoms with E-state index >= 15 is 0 Å². The van der Waals surface area contributed by atoms with Gasteiger partial charge >= 0.3 is 0 Å². The molecule has 0 spiro atoms. The molecule has 0 amide bonds. The number of hydrogen-bond acceptors (Lipinski definition) is 4. The largest absolute Gasteiger partial charge is 0.493 e. The summed E-state index contributed by atoms with van der Waals surface area (Å²) in [6.07, 6.45) is 1.12. The Morgan fingerprint density at radius 1 is 1.04 bits per heavy atom. The summed E-state index contributed by atoms with van der Waals surface area (Å²) < 4.78 is 11.5. The molecule has 0 aromatic heterocycles. The highest BCUT2D eigenvalue weighted by atomic mass is 35.5. The molecule has 0 heterocycles. The van der Waals surface area contributed by atoms with Crippen LogP contribution >= 0.6 is 11.6 Å². The molecule has 4 nitrogen and oxygen atoms in total. The van der Waals surface area contributed by atoms with Gasteiger partial charge in [-0.3, -0.25) is 0 Å². The van der Waals surface area contributed by atoms with Crippen LogP contribution in [0.1, 0.15) is 37.0 Å². The predicted octanol–water partition coefficient (Wildman–Crippen LogP) is 5.06. The lowest BCUT2D eigenvalue weighted by Crippen LogP contribution is -2.27. The van der Waals surface area contributed by atoms with Gasteiger partial charge in [-0.15, -0.1) is 0 Å². The number of hydrogen-bond donors (Lipinski definition) is 1. The summed E-state index contributed by atoms with van der Waals surface area (Å²) in [5, 5.41) is 4.16. The maximum Gasteiger partial charge on any atom is 0.163 e. The summed E-state index contributed by atoms with van der Waals surface area (Å²) in [6, 6.07) is 12.1. The van der Waals surface area contributed by atoms with E-state index in [4.69, 9.17) is 21.1 Å². The number of nitrogens with zero attached hydrogens (tertiary/aromatic N) is 1. The fourth-order valence-corrected chi connectivity index (χ4v) is 3.24. The van der Waals surface area contributed by atoms with Crippen molar-refractivity contribution in [3.63, 3.8) is 0 Å². The molecule has 1 N–H and O–H groups in total. The van der Waals surface area contributed by atoms with E-state index in [0.29, 0.717) is 29.7 Å². The lowest BCUT2D eigenvalue weighted by Gasteiger charge is -2.18. The molecule has 0 saturated heterocycles. The molecule has 5 heteroatoms. The van der Waals surface area contributed by atoms with Crippen molar-refractivity contribution in [2.75, 3.05) is 33.3 Å². The number of ether oxygens (including phenoxy) is 2. The van der Waals surface area contributed by atoms with Crippen LogP contribution in [-0.4, -0.2) is 38.2 Å². The summed E-state index contributed by atoms with van der Waals surface area (Å²) in [5.74, 6) is 1.37. The third-order valence-corrected chi connectivity index (χ3v) is 5.24. The fourth-order valence-electron chi connectivity index (χ4n) is 3.02. The molecule has 28 heavy (non-hydrogen) atoms. The van der Waals surface area contributed by atoms with Gasteiger partial charge in [0.2, 0.25) is 0 Å². The number of nitrogens with one attached hydrogen (secondary N) is 1. The molecule has 0 saturated carbocycles. The molecule has 0 atom stereocenters. The lowest BCUT2D eigenvalue weighted by atomic mass is 10.1. The first-order valence-electron chi connectivity index (χ1n) is 10.0. The van der Waals surface area contributed by atoms with Crippen LogP contribution in [0.15, 0.2) is 36.4 Å². The van der Waals surface area contributed by atoms with Crippen molar-refractivity contribution in [3.05, 3.63) is 58.1 Å². The lowest BCUT2D eigenvalue weighted by molar-refractivity contribution is 0.284. The minimum atomic E-state index is 0.482. The molecule has 0 fully saturated rings. The Hall–Kier alpha value is -1.75. The highest BCUT2D eigenvalue weighted by molar-refractivity contribution is 6.31. The summed E-state index contributed by atoms with van der Waals surface area (Å²) in [6.45, 7) is 11.9. The van der Waals surface area contributed by atoms with Crippen molar-refractivity contribution in [1.82, 2.24) is 10.2 Å². The Balaban J connectivity index is 1.90. The first-order valence-corrected chi connectivity index (χ1v) is 10.4. The van der Waals surface area contributed by atoms with Crippen LogP contribution in [0, 0.1) is 6.92 Å². The second-order valence-electron chi connectivity index (χ2n) is 6.93. The van der Waals surface area contributed by atoms with Crippen molar-refractivity contribution in [1.29, 1.82) is 0 Å². The van der Waals surface area contributed by atoms with Gasteiger partial charge in [0, 0.05) is 17.6 Å². The molecule has 0 bridgehead atoms. The van der Waals surface area contributed by atoms with Crippen LogP contribution in [0.25, 0.3) is 0 Å². The van der Waals surface area contributed by atoms with Crippen molar-refractivity contribution in [2.24, 2.45) is 0 Å². The average Bonchev–Trinajstić information content (AvgIpc) is 2.71. The standard InChI is InChI=1S/C23H33ClN2O2/c1-5-26(6-2)13-7-12-25-16-20-14-22(27-4)23(15-21(20)24)28-17-19-10-8-18(3)9-11-19/h8-11,14-15,25H,5-7,12-13,16-17H2,1-4H3. The van der Waals surface area contributed by atoms with Crippen LogP contribution in [0.3, 0.4) is 0 Å². The third-order valence-electron chi connectivity index (χ3n) is 4.89. The van der Waals surface area contributed by atoms with E-state index in [9.17, 15) is 0 Å². The van der Waals surface area contributed by atoms with E-state index in [-0.39, 0.29) is 0 Å². The van der Waals surface area contributed by atoms with Gasteiger partial charge in [0.25, 0.3) is 0 Å². The predicted molar refractivity (Wildman–Crippen MR) is 118 cm³/mol. The van der Waals surface area contributed by atoms with E-state index in [1.807, 2.05) is 12.1 Å². The number of methoxy groups -OCH3 is 1. The first kappa shape index (κ1) is 22.5. The fraction of sp³-hybridized carbons (Fsp3) is 0.478. The van der Waals surface area contributed by atoms with Gasteiger partial charge < -0.3 is 19.7 Å². The van der Waals surface area contributed by atoms with Crippen LogP contribution in [0.2, 0.25) is 5.02 Å². The zero-order valence-electron chi connectivity index (χ0n) is 17.6. The molecule has 2 aromatic rings. The summed E-state index contributed by atoms with van der Waals surface area (Å²) in [7, 11) is 1.66. The van der Waals surface area contributed by atoms with Gasteiger partial charge in [-0.2, -0.15) is 0 Å². The summed E-state index contributed by atoms with van der Waals surface area (Å²) >= 11 is 6.49. The van der Waals surface area contributed by atoms with Gasteiger partial charge in [-0.25, -0.2) is 0 Å². The van der Waals surface area contributed by atoms with Gasteiger partial charge in [-0.05, 0) is 56.7 Å². The van der Waals surface area contributed by atoms with Crippen molar-refractivity contribution in [2.45, 2.75) is 40.3 Å². The maximum atomic E-state index is 6.49. The minimum Gasteiger partial charge on any atom is -0.493 e. The number of benzene rings is 2. The highest BCUT2D eigenvalue weighted by Crippen LogP contribution is 2.34. The molecule has 0 unspecified atom stereocenters. The maximum absolute atomic E-state index is 6.49. The van der Waals surface area contributed by atoms with Gasteiger partial charge in [0.15, 0.2) is 11.5 Å². The average molecular weight is 405 g/mol. The Morgan fingerprint density at radius 2 is 1.75 bits per heavy atom. The normalized spacial score (nSPS) is 11.1. The van der Waals surface area contributed by atoms with E-state index in [1.54, 1.807) is 7.11 Å². The Kier molecular flexibility index (Phi) is 9.62. The Bertz CT molecular complexity index is 715. The number of rotatable bonds is 12. The molecule has 154 valence electrons. The van der Waals surface area contributed by atoms with Crippen LogP contribution < -0.4 is 14.8 Å². The smallest absolute Gasteiger partial charge is 0.163 e. The molecule has 0 aliphatic carbocycles. The molecular weight excluding hydrogens is 372 g/mol. The Labute approximate surface area is 174 Å². The molecule has 0 aliphatic rings. The van der Waals surface area contributed by atoms with Crippen LogP contribution in [-0.2, 0) is 13.2 Å². The van der Waals surface area contributed by atoms with Crippen molar-refractivity contribution < 1.29 is 9.47 Å².